The topological polar surface area (TPSA) is 45.1 Å². The molecule has 1 aliphatic carbocycles. The molecule has 2 fully saturated rings. The predicted octanol–water partition coefficient (Wildman–Crippen LogP) is 6.62. The fourth-order valence-electron chi connectivity index (χ4n) is 4.62. The molecule has 1 aliphatic heterocycles. The Morgan fingerprint density at radius 3 is 2.56 bits per heavy atom. The van der Waals surface area contributed by atoms with E-state index < -0.39 is 5.82 Å². The van der Waals surface area contributed by atoms with Crippen molar-refractivity contribution in [3.05, 3.63) is 58.8 Å². The van der Waals surface area contributed by atoms with Gasteiger partial charge >= 0.3 is 0 Å². The lowest BCUT2D eigenvalue weighted by molar-refractivity contribution is -0.124. The molecule has 0 radical (unpaired) electrons. The molecule has 180 valence electrons. The fourth-order valence-corrected chi connectivity index (χ4v) is 5.66. The molecule has 0 aromatic heterocycles. The van der Waals surface area contributed by atoms with Gasteiger partial charge in [0.25, 0.3) is 5.91 Å². The summed E-state index contributed by atoms with van der Waals surface area (Å²) in [6.45, 7) is 6.05. The number of benzene rings is 2. The van der Waals surface area contributed by atoms with Gasteiger partial charge in [0.1, 0.15) is 17.3 Å². The minimum absolute atomic E-state index is 0.0677. The first kappa shape index (κ1) is 24.3. The van der Waals surface area contributed by atoms with E-state index in [1.54, 1.807) is 30.2 Å². The Balaban J connectivity index is 1.71. The monoisotopic (exact) mass is 481 g/mol. The third-order valence-electron chi connectivity index (χ3n) is 6.48. The maximum Gasteiger partial charge on any atom is 0.267 e. The van der Waals surface area contributed by atoms with Crippen LogP contribution >= 0.6 is 11.8 Å². The van der Waals surface area contributed by atoms with Crippen LogP contribution < -0.4 is 9.64 Å². The molecular formula is C27H32FN3O2S. The maximum absolute atomic E-state index is 14.4. The van der Waals surface area contributed by atoms with Crippen LogP contribution in [0, 0.1) is 5.82 Å². The minimum atomic E-state index is -0.391. The van der Waals surface area contributed by atoms with Gasteiger partial charge in [-0.25, -0.2) is 9.38 Å². The number of carbonyl (C=O) groups excluding carboxylic acids is 1. The Hall–Kier alpha value is -2.80. The van der Waals surface area contributed by atoms with E-state index in [2.05, 4.69) is 29.8 Å². The molecule has 1 saturated heterocycles. The smallest absolute Gasteiger partial charge is 0.267 e. The quantitative estimate of drug-likeness (QED) is 0.417. The first-order chi connectivity index (χ1) is 16.5. The van der Waals surface area contributed by atoms with Gasteiger partial charge < -0.3 is 9.64 Å². The van der Waals surface area contributed by atoms with Gasteiger partial charge in [-0.1, -0.05) is 31.4 Å². The molecule has 1 saturated carbocycles. The highest BCUT2D eigenvalue weighted by atomic mass is 32.2. The highest BCUT2D eigenvalue weighted by molar-refractivity contribution is 8.18. The van der Waals surface area contributed by atoms with Crippen LogP contribution in [0.2, 0.25) is 0 Å². The Morgan fingerprint density at radius 2 is 1.88 bits per heavy atom. The van der Waals surface area contributed by atoms with Gasteiger partial charge in [0, 0.05) is 36.4 Å². The van der Waals surface area contributed by atoms with E-state index in [1.165, 1.54) is 24.2 Å². The van der Waals surface area contributed by atoms with E-state index in [9.17, 15) is 9.18 Å². The zero-order valence-electron chi connectivity index (χ0n) is 20.1. The number of anilines is 1. The third kappa shape index (κ3) is 5.14. The minimum Gasteiger partial charge on any atom is -0.496 e. The number of hydrogen-bond donors (Lipinski definition) is 0. The maximum atomic E-state index is 14.4. The van der Waals surface area contributed by atoms with Crippen molar-refractivity contribution in [3.8, 4) is 5.75 Å². The van der Waals surface area contributed by atoms with Crippen LogP contribution in [0.15, 0.2) is 52.4 Å². The summed E-state index contributed by atoms with van der Waals surface area (Å²) in [4.78, 5) is 22.8. The summed E-state index contributed by atoms with van der Waals surface area (Å²) in [7, 11) is 1.65. The molecule has 0 spiro atoms. The SMILES string of the molecule is CCN(CC)c1ccc(C=C2SC(=Nc3ccccc3F)N(C3CCCCC3)C2=O)c(OC)c1. The molecule has 7 heteroatoms. The van der Waals surface area contributed by atoms with Crippen molar-refractivity contribution in [2.45, 2.75) is 52.0 Å². The van der Waals surface area contributed by atoms with E-state index in [-0.39, 0.29) is 17.6 Å². The van der Waals surface area contributed by atoms with Crippen molar-refractivity contribution in [1.29, 1.82) is 0 Å². The van der Waals surface area contributed by atoms with Gasteiger partial charge in [0.2, 0.25) is 0 Å². The average molecular weight is 482 g/mol. The van der Waals surface area contributed by atoms with E-state index in [4.69, 9.17) is 4.74 Å². The lowest BCUT2D eigenvalue weighted by Gasteiger charge is -2.30. The first-order valence-corrected chi connectivity index (χ1v) is 12.9. The van der Waals surface area contributed by atoms with Crippen molar-refractivity contribution in [2.75, 3.05) is 25.1 Å². The first-order valence-electron chi connectivity index (χ1n) is 12.0. The molecule has 1 heterocycles. The van der Waals surface area contributed by atoms with E-state index >= 15 is 0 Å². The van der Waals surface area contributed by atoms with Crippen LogP contribution in [0.25, 0.3) is 6.08 Å². The summed E-state index contributed by atoms with van der Waals surface area (Å²) in [6.07, 6.45) is 7.12. The Kier molecular flexibility index (Phi) is 7.93. The second kappa shape index (κ2) is 11.1. The van der Waals surface area contributed by atoms with E-state index in [0.29, 0.717) is 15.8 Å². The van der Waals surface area contributed by atoms with Crippen LogP contribution in [-0.4, -0.2) is 42.2 Å². The van der Waals surface area contributed by atoms with Crippen LogP contribution in [0.5, 0.6) is 5.75 Å². The Labute approximate surface area is 205 Å². The molecule has 5 nitrogen and oxygen atoms in total. The number of thioether (sulfide) groups is 1. The highest BCUT2D eigenvalue weighted by Gasteiger charge is 2.39. The lowest BCUT2D eigenvalue weighted by atomic mass is 9.94. The van der Waals surface area contributed by atoms with Crippen LogP contribution in [0.4, 0.5) is 15.8 Å². The Bertz CT molecular complexity index is 1090. The molecule has 2 aromatic carbocycles. The van der Waals surface area contributed by atoms with Crippen molar-refractivity contribution in [1.82, 2.24) is 4.90 Å². The van der Waals surface area contributed by atoms with Crippen molar-refractivity contribution < 1.29 is 13.9 Å². The van der Waals surface area contributed by atoms with Crippen molar-refractivity contribution >= 4 is 40.3 Å². The summed E-state index contributed by atoms with van der Waals surface area (Å²) in [5, 5.41) is 0.548. The molecule has 2 aromatic rings. The summed E-state index contributed by atoms with van der Waals surface area (Å²) < 4.78 is 20.0. The standard InChI is InChI=1S/C27H32FN3O2S/c1-4-30(5-2)21-16-15-19(24(18-21)33-3)17-25-26(32)31(20-11-7-6-8-12-20)27(34-25)29-23-14-10-9-13-22(23)28/h9-10,13-18,20H,4-8,11-12H2,1-3H3. The zero-order chi connectivity index (χ0) is 24.1. The Morgan fingerprint density at radius 1 is 1.15 bits per heavy atom. The highest BCUT2D eigenvalue weighted by Crippen LogP contribution is 2.40. The van der Waals surface area contributed by atoms with Gasteiger partial charge in [-0.15, -0.1) is 0 Å². The molecule has 0 N–H and O–H groups in total. The molecule has 4 rings (SSSR count). The van der Waals surface area contributed by atoms with E-state index in [1.807, 2.05) is 18.2 Å². The van der Waals surface area contributed by atoms with Gasteiger partial charge in [-0.2, -0.15) is 0 Å². The number of nitrogens with zero attached hydrogens (tertiary/aromatic N) is 3. The number of amidine groups is 1. The second-order valence-electron chi connectivity index (χ2n) is 8.52. The summed E-state index contributed by atoms with van der Waals surface area (Å²) in [5.74, 6) is 0.258. The number of methoxy groups -OCH3 is 1. The molecule has 0 bridgehead atoms. The van der Waals surface area contributed by atoms with Gasteiger partial charge in [0.15, 0.2) is 5.17 Å². The summed E-state index contributed by atoms with van der Waals surface area (Å²) >= 11 is 1.31. The molecule has 2 aliphatic rings. The number of hydrogen-bond acceptors (Lipinski definition) is 5. The summed E-state index contributed by atoms with van der Waals surface area (Å²) in [5.41, 5.74) is 2.17. The van der Waals surface area contributed by atoms with Crippen LogP contribution in [-0.2, 0) is 4.79 Å². The molecule has 1 amide bonds. The van der Waals surface area contributed by atoms with E-state index in [0.717, 1.165) is 50.0 Å². The average Bonchev–Trinajstić information content (AvgIpc) is 3.17. The van der Waals surface area contributed by atoms with Crippen molar-refractivity contribution in [2.24, 2.45) is 4.99 Å². The third-order valence-corrected chi connectivity index (χ3v) is 7.46. The number of halogens is 1. The zero-order valence-corrected chi connectivity index (χ0v) is 20.9. The number of rotatable bonds is 7. The predicted molar refractivity (Wildman–Crippen MR) is 139 cm³/mol. The number of ether oxygens (including phenoxy) is 1. The molecule has 34 heavy (non-hydrogen) atoms. The molecule has 0 atom stereocenters. The second-order valence-corrected chi connectivity index (χ2v) is 9.53. The van der Waals surface area contributed by atoms with Crippen molar-refractivity contribution in [3.63, 3.8) is 0 Å². The number of amides is 1. The largest absolute Gasteiger partial charge is 0.496 e. The van der Waals surface area contributed by atoms with Gasteiger partial charge in [0.05, 0.1) is 12.0 Å². The fraction of sp³-hybridized carbons (Fsp3) is 0.407. The lowest BCUT2D eigenvalue weighted by Crippen LogP contribution is -2.40. The van der Waals surface area contributed by atoms with Gasteiger partial charge in [-0.3, -0.25) is 9.69 Å². The molecular weight excluding hydrogens is 449 g/mol. The normalized spacial score (nSPS) is 19.3. The van der Waals surface area contributed by atoms with Crippen LogP contribution in [0.1, 0.15) is 51.5 Å². The number of para-hydroxylation sites is 1. The number of carbonyl (C=O) groups is 1. The molecule has 0 unspecified atom stereocenters. The number of aliphatic imine (C=N–C) groups is 1. The summed E-state index contributed by atoms with van der Waals surface area (Å²) in [6, 6.07) is 12.6. The van der Waals surface area contributed by atoms with Crippen LogP contribution in [0.3, 0.4) is 0 Å². The van der Waals surface area contributed by atoms with Gasteiger partial charge in [-0.05, 0) is 68.8 Å².